The van der Waals surface area contributed by atoms with Gasteiger partial charge in [-0.2, -0.15) is 0 Å². The number of aryl methyl sites for hydroxylation is 1. The molecule has 19 heavy (non-hydrogen) atoms. The van der Waals surface area contributed by atoms with Crippen molar-refractivity contribution < 1.29 is 4.92 Å². The van der Waals surface area contributed by atoms with E-state index in [1.54, 1.807) is 19.2 Å². The van der Waals surface area contributed by atoms with Crippen LogP contribution in [-0.2, 0) is 0 Å². The summed E-state index contributed by atoms with van der Waals surface area (Å²) >= 11 is 0. The molecule has 1 aliphatic rings. The highest BCUT2D eigenvalue weighted by Gasteiger charge is 2.26. The molecule has 2 heterocycles. The van der Waals surface area contributed by atoms with Gasteiger partial charge in [-0.05, 0) is 39.8 Å². The predicted octanol–water partition coefficient (Wildman–Crippen LogP) is 2.19. The number of pyridine rings is 1. The van der Waals surface area contributed by atoms with Gasteiger partial charge in [-0.25, -0.2) is 4.98 Å². The molecule has 1 fully saturated rings. The Morgan fingerprint density at radius 2 is 2.32 bits per heavy atom. The van der Waals surface area contributed by atoms with Crippen molar-refractivity contribution in [2.24, 2.45) is 0 Å². The zero-order valence-electron chi connectivity index (χ0n) is 11.6. The van der Waals surface area contributed by atoms with Crippen molar-refractivity contribution in [3.05, 3.63) is 27.9 Å². The SMILES string of the molecule is Cc1ccnc(NC2CCN(C)C(C)C2)c1[N+](=O)[O-]. The van der Waals surface area contributed by atoms with Crippen LogP contribution in [0.1, 0.15) is 25.3 Å². The van der Waals surface area contributed by atoms with Gasteiger partial charge in [-0.15, -0.1) is 0 Å². The molecule has 2 rings (SSSR count). The van der Waals surface area contributed by atoms with Gasteiger partial charge in [0, 0.05) is 30.4 Å². The Morgan fingerprint density at radius 1 is 1.58 bits per heavy atom. The molecule has 6 nitrogen and oxygen atoms in total. The predicted molar refractivity (Wildman–Crippen MR) is 74.4 cm³/mol. The van der Waals surface area contributed by atoms with Gasteiger partial charge in [0.05, 0.1) is 4.92 Å². The first-order chi connectivity index (χ1) is 8.99. The van der Waals surface area contributed by atoms with Crippen molar-refractivity contribution in [1.29, 1.82) is 0 Å². The number of nitrogens with one attached hydrogen (secondary N) is 1. The number of hydrogen-bond acceptors (Lipinski definition) is 5. The number of hydrogen-bond donors (Lipinski definition) is 1. The van der Waals surface area contributed by atoms with Crippen LogP contribution in [0.25, 0.3) is 0 Å². The monoisotopic (exact) mass is 264 g/mol. The fraction of sp³-hybridized carbons (Fsp3) is 0.615. The summed E-state index contributed by atoms with van der Waals surface area (Å²) in [6.07, 6.45) is 3.57. The minimum Gasteiger partial charge on any atom is -0.361 e. The zero-order valence-corrected chi connectivity index (χ0v) is 11.6. The van der Waals surface area contributed by atoms with Crippen LogP contribution in [0.2, 0.25) is 0 Å². The van der Waals surface area contributed by atoms with Crippen molar-refractivity contribution in [3.63, 3.8) is 0 Å². The van der Waals surface area contributed by atoms with E-state index in [1.165, 1.54) is 0 Å². The second-order valence-corrected chi connectivity index (χ2v) is 5.28. The van der Waals surface area contributed by atoms with Crippen molar-refractivity contribution in [3.8, 4) is 0 Å². The highest BCUT2D eigenvalue weighted by Crippen LogP contribution is 2.28. The molecule has 0 spiro atoms. The zero-order chi connectivity index (χ0) is 14.0. The number of nitrogens with zero attached hydrogens (tertiary/aromatic N) is 3. The van der Waals surface area contributed by atoms with E-state index < -0.39 is 0 Å². The molecule has 0 radical (unpaired) electrons. The normalized spacial score (nSPS) is 24.2. The third kappa shape index (κ3) is 3.01. The molecule has 1 aromatic heterocycles. The number of rotatable bonds is 3. The summed E-state index contributed by atoms with van der Waals surface area (Å²) in [6.45, 7) is 4.91. The standard InChI is InChI=1S/C13H20N4O2/c1-9-4-6-14-13(12(9)17(18)19)15-11-5-7-16(3)10(2)8-11/h4,6,10-11H,5,7-8H2,1-3H3,(H,14,15). The molecule has 0 bridgehead atoms. The summed E-state index contributed by atoms with van der Waals surface area (Å²) in [4.78, 5) is 17.2. The Labute approximate surface area is 113 Å². The number of anilines is 1. The Balaban J connectivity index is 2.15. The van der Waals surface area contributed by atoms with E-state index in [0.29, 0.717) is 17.4 Å². The van der Waals surface area contributed by atoms with Crippen molar-refractivity contribution >= 4 is 11.5 Å². The third-order valence-electron chi connectivity index (χ3n) is 3.86. The summed E-state index contributed by atoms with van der Waals surface area (Å²) in [6, 6.07) is 2.40. The molecule has 1 N–H and O–H groups in total. The van der Waals surface area contributed by atoms with Crippen LogP contribution in [0.3, 0.4) is 0 Å². The van der Waals surface area contributed by atoms with Crippen LogP contribution in [0.15, 0.2) is 12.3 Å². The highest BCUT2D eigenvalue weighted by atomic mass is 16.6. The first-order valence-corrected chi connectivity index (χ1v) is 6.55. The third-order valence-corrected chi connectivity index (χ3v) is 3.86. The van der Waals surface area contributed by atoms with Gasteiger partial charge in [0.15, 0.2) is 0 Å². The van der Waals surface area contributed by atoms with Gasteiger partial charge in [-0.3, -0.25) is 10.1 Å². The summed E-state index contributed by atoms with van der Waals surface area (Å²) < 4.78 is 0. The molecule has 6 heteroatoms. The van der Waals surface area contributed by atoms with Crippen LogP contribution in [0.5, 0.6) is 0 Å². The fourth-order valence-electron chi connectivity index (χ4n) is 2.50. The van der Waals surface area contributed by atoms with Gasteiger partial charge < -0.3 is 10.2 Å². The number of likely N-dealkylation sites (tertiary alicyclic amines) is 1. The molecule has 0 saturated carbocycles. The Hall–Kier alpha value is -1.69. The van der Waals surface area contributed by atoms with Crippen molar-refractivity contribution in [2.75, 3.05) is 18.9 Å². The van der Waals surface area contributed by atoms with E-state index in [0.717, 1.165) is 19.4 Å². The van der Waals surface area contributed by atoms with Gasteiger partial charge in [-0.1, -0.05) is 0 Å². The van der Waals surface area contributed by atoms with E-state index in [4.69, 9.17) is 0 Å². The van der Waals surface area contributed by atoms with Crippen LogP contribution in [-0.4, -0.2) is 40.5 Å². The maximum atomic E-state index is 11.1. The largest absolute Gasteiger partial charge is 0.361 e. The Morgan fingerprint density at radius 3 is 2.95 bits per heavy atom. The van der Waals surface area contributed by atoms with Gasteiger partial charge in [0.2, 0.25) is 5.82 Å². The second kappa shape index (κ2) is 5.52. The quantitative estimate of drug-likeness (QED) is 0.669. The van der Waals surface area contributed by atoms with E-state index >= 15 is 0 Å². The van der Waals surface area contributed by atoms with Gasteiger partial charge in [0.25, 0.3) is 0 Å². The van der Waals surface area contributed by atoms with Crippen LogP contribution in [0.4, 0.5) is 11.5 Å². The first kappa shape index (κ1) is 13.7. The minimum atomic E-state index is -0.358. The number of piperidine rings is 1. The molecular weight excluding hydrogens is 244 g/mol. The summed E-state index contributed by atoms with van der Waals surface area (Å²) in [5.74, 6) is 0.395. The van der Waals surface area contributed by atoms with Crippen LogP contribution < -0.4 is 5.32 Å². The van der Waals surface area contributed by atoms with E-state index in [-0.39, 0.29) is 16.7 Å². The summed E-state index contributed by atoms with van der Waals surface area (Å²) in [5.41, 5.74) is 0.734. The van der Waals surface area contributed by atoms with Crippen LogP contribution >= 0.6 is 0 Å². The van der Waals surface area contributed by atoms with Crippen molar-refractivity contribution in [2.45, 2.75) is 38.8 Å². The lowest BCUT2D eigenvalue weighted by molar-refractivity contribution is -0.384. The van der Waals surface area contributed by atoms with Gasteiger partial charge >= 0.3 is 5.69 Å². The van der Waals surface area contributed by atoms with Crippen LogP contribution in [0, 0.1) is 17.0 Å². The van der Waals surface area contributed by atoms with Crippen molar-refractivity contribution in [1.82, 2.24) is 9.88 Å². The lowest BCUT2D eigenvalue weighted by Crippen LogP contribution is -2.42. The summed E-state index contributed by atoms with van der Waals surface area (Å²) in [7, 11) is 2.11. The molecule has 0 aliphatic carbocycles. The molecule has 1 saturated heterocycles. The topological polar surface area (TPSA) is 71.3 Å². The molecule has 104 valence electrons. The molecule has 1 aromatic rings. The van der Waals surface area contributed by atoms with E-state index in [1.807, 2.05) is 0 Å². The average Bonchev–Trinajstić information content (AvgIpc) is 2.33. The Bertz CT molecular complexity index is 478. The minimum absolute atomic E-state index is 0.0917. The maximum absolute atomic E-state index is 11.1. The van der Waals surface area contributed by atoms with E-state index in [9.17, 15) is 10.1 Å². The molecule has 0 amide bonds. The average molecular weight is 264 g/mol. The molecule has 1 aliphatic heterocycles. The molecular formula is C13H20N4O2. The molecule has 2 atom stereocenters. The lowest BCUT2D eigenvalue weighted by atomic mass is 9.99. The number of nitro groups is 1. The highest BCUT2D eigenvalue weighted by molar-refractivity contribution is 5.60. The second-order valence-electron chi connectivity index (χ2n) is 5.28. The Kier molecular flexibility index (Phi) is 3.99. The fourth-order valence-corrected chi connectivity index (χ4v) is 2.50. The summed E-state index contributed by atoms with van der Waals surface area (Å²) in [5, 5.41) is 14.4. The molecule has 0 aromatic carbocycles. The first-order valence-electron chi connectivity index (χ1n) is 6.55. The maximum Gasteiger partial charge on any atom is 0.314 e. The number of aromatic nitrogens is 1. The van der Waals surface area contributed by atoms with Gasteiger partial charge in [0.1, 0.15) is 0 Å². The lowest BCUT2D eigenvalue weighted by Gasteiger charge is -2.35. The molecule has 2 unspecified atom stereocenters. The van der Waals surface area contributed by atoms with E-state index in [2.05, 4.69) is 29.2 Å². The smallest absolute Gasteiger partial charge is 0.314 e.